The number of nitrogens with two attached hydrogens (primary N) is 1. The SMILES string of the molecule is CC(=O)Nc1ccc([C@H](N)C(C)(C)CO)cc1.Cl. The van der Waals surface area contributed by atoms with E-state index in [0.717, 1.165) is 11.3 Å². The third-order valence-electron chi connectivity index (χ3n) is 2.84. The molecule has 5 heteroatoms. The monoisotopic (exact) mass is 272 g/mol. The summed E-state index contributed by atoms with van der Waals surface area (Å²) >= 11 is 0. The molecule has 1 amide bonds. The minimum absolute atomic E-state index is 0. The number of halogens is 1. The van der Waals surface area contributed by atoms with Gasteiger partial charge in [0.05, 0.1) is 0 Å². The normalized spacial score (nSPS) is 12.5. The van der Waals surface area contributed by atoms with Gasteiger partial charge in [0.25, 0.3) is 0 Å². The largest absolute Gasteiger partial charge is 0.396 e. The molecule has 102 valence electrons. The highest BCUT2D eigenvalue weighted by atomic mass is 35.5. The Kier molecular flexibility index (Phi) is 6.32. The first-order chi connectivity index (χ1) is 7.86. The number of nitrogens with one attached hydrogen (secondary N) is 1. The first-order valence-corrected chi connectivity index (χ1v) is 5.61. The molecule has 0 saturated heterocycles. The van der Waals surface area contributed by atoms with Crippen molar-refractivity contribution in [2.75, 3.05) is 11.9 Å². The van der Waals surface area contributed by atoms with Gasteiger partial charge in [-0.3, -0.25) is 4.79 Å². The smallest absolute Gasteiger partial charge is 0.221 e. The summed E-state index contributed by atoms with van der Waals surface area (Å²) in [7, 11) is 0. The molecule has 1 rings (SSSR count). The molecule has 0 aromatic heterocycles. The molecule has 4 N–H and O–H groups in total. The highest BCUT2D eigenvalue weighted by Crippen LogP contribution is 2.30. The number of aliphatic hydroxyl groups is 1. The third-order valence-corrected chi connectivity index (χ3v) is 2.84. The van der Waals surface area contributed by atoms with E-state index in [4.69, 9.17) is 5.73 Å². The molecular formula is C13H21ClN2O2. The highest BCUT2D eigenvalue weighted by Gasteiger charge is 2.26. The Bertz CT molecular complexity index is 390. The van der Waals surface area contributed by atoms with Crippen LogP contribution in [0.2, 0.25) is 0 Å². The van der Waals surface area contributed by atoms with Crippen molar-refractivity contribution in [1.29, 1.82) is 0 Å². The van der Waals surface area contributed by atoms with Crippen LogP contribution in [0, 0.1) is 5.41 Å². The van der Waals surface area contributed by atoms with Crippen LogP contribution >= 0.6 is 12.4 Å². The average Bonchev–Trinajstić information content (AvgIpc) is 2.28. The molecule has 0 heterocycles. The molecule has 0 saturated carbocycles. The van der Waals surface area contributed by atoms with Crippen LogP contribution in [0.1, 0.15) is 32.4 Å². The Morgan fingerprint density at radius 1 is 1.39 bits per heavy atom. The predicted molar refractivity (Wildman–Crippen MR) is 75.8 cm³/mol. The standard InChI is InChI=1S/C13H20N2O2.ClH/c1-9(17)15-11-6-4-10(5-7-11)12(14)13(2,3)8-16;/h4-7,12,16H,8,14H2,1-3H3,(H,15,17);1H/t12-;/m0./s1. The molecule has 18 heavy (non-hydrogen) atoms. The summed E-state index contributed by atoms with van der Waals surface area (Å²) < 4.78 is 0. The van der Waals surface area contributed by atoms with Crippen molar-refractivity contribution in [3.8, 4) is 0 Å². The van der Waals surface area contributed by atoms with E-state index in [1.165, 1.54) is 6.92 Å². The van der Waals surface area contributed by atoms with Gasteiger partial charge in [-0.15, -0.1) is 12.4 Å². The van der Waals surface area contributed by atoms with Crippen molar-refractivity contribution < 1.29 is 9.90 Å². The Morgan fingerprint density at radius 2 is 1.89 bits per heavy atom. The molecule has 0 aliphatic rings. The number of carbonyl (C=O) groups is 1. The van der Waals surface area contributed by atoms with Gasteiger partial charge in [-0.2, -0.15) is 0 Å². The molecule has 4 nitrogen and oxygen atoms in total. The molecule has 0 radical (unpaired) electrons. The molecule has 0 aliphatic carbocycles. The lowest BCUT2D eigenvalue weighted by Crippen LogP contribution is -2.32. The summed E-state index contributed by atoms with van der Waals surface area (Å²) in [6.45, 7) is 5.33. The van der Waals surface area contributed by atoms with E-state index in [9.17, 15) is 9.90 Å². The fraction of sp³-hybridized carbons (Fsp3) is 0.462. The van der Waals surface area contributed by atoms with Crippen molar-refractivity contribution in [2.24, 2.45) is 11.1 Å². The maximum absolute atomic E-state index is 10.9. The summed E-state index contributed by atoms with van der Waals surface area (Å²) in [5, 5.41) is 12.0. The van der Waals surface area contributed by atoms with Crippen LogP contribution in [0.3, 0.4) is 0 Å². The maximum atomic E-state index is 10.9. The topological polar surface area (TPSA) is 75.4 Å². The van der Waals surface area contributed by atoms with E-state index < -0.39 is 0 Å². The van der Waals surface area contributed by atoms with Crippen LogP contribution in [0.4, 0.5) is 5.69 Å². The summed E-state index contributed by atoms with van der Waals surface area (Å²) in [6.07, 6.45) is 0. The van der Waals surface area contributed by atoms with Crippen LogP contribution in [0.25, 0.3) is 0 Å². The van der Waals surface area contributed by atoms with E-state index >= 15 is 0 Å². The quantitative estimate of drug-likeness (QED) is 0.786. The fourth-order valence-corrected chi connectivity index (χ4v) is 1.53. The van der Waals surface area contributed by atoms with Gasteiger partial charge in [0.1, 0.15) is 0 Å². The van der Waals surface area contributed by atoms with Gasteiger partial charge in [-0.05, 0) is 17.7 Å². The van der Waals surface area contributed by atoms with E-state index in [0.29, 0.717) is 0 Å². The number of anilines is 1. The van der Waals surface area contributed by atoms with Crippen molar-refractivity contribution in [3.05, 3.63) is 29.8 Å². The summed E-state index contributed by atoms with van der Waals surface area (Å²) in [4.78, 5) is 10.9. The minimum Gasteiger partial charge on any atom is -0.396 e. The molecule has 1 atom stereocenters. The van der Waals surface area contributed by atoms with Crippen molar-refractivity contribution in [3.63, 3.8) is 0 Å². The van der Waals surface area contributed by atoms with Gasteiger partial charge in [0.15, 0.2) is 0 Å². The number of aliphatic hydroxyl groups excluding tert-OH is 1. The minimum atomic E-state index is -0.366. The summed E-state index contributed by atoms with van der Waals surface area (Å²) in [6, 6.07) is 7.12. The molecule has 0 bridgehead atoms. The second-order valence-corrected chi connectivity index (χ2v) is 4.93. The zero-order valence-corrected chi connectivity index (χ0v) is 11.8. The number of carbonyl (C=O) groups excluding carboxylic acids is 1. The molecular weight excluding hydrogens is 252 g/mol. The molecule has 0 spiro atoms. The fourth-order valence-electron chi connectivity index (χ4n) is 1.53. The summed E-state index contributed by atoms with van der Waals surface area (Å²) in [5.74, 6) is -0.0993. The number of rotatable bonds is 4. The predicted octanol–water partition coefficient (Wildman–Crippen LogP) is 2.09. The molecule has 1 aromatic rings. The lowest BCUT2D eigenvalue weighted by Gasteiger charge is -2.29. The van der Waals surface area contributed by atoms with E-state index in [2.05, 4.69) is 5.32 Å². The van der Waals surface area contributed by atoms with Crippen LogP contribution in [0.5, 0.6) is 0 Å². The van der Waals surface area contributed by atoms with Crippen LogP contribution in [-0.2, 0) is 4.79 Å². The van der Waals surface area contributed by atoms with E-state index in [1.807, 2.05) is 38.1 Å². The highest BCUT2D eigenvalue weighted by molar-refractivity contribution is 5.88. The zero-order valence-electron chi connectivity index (χ0n) is 10.9. The number of hydrogen-bond acceptors (Lipinski definition) is 3. The Morgan fingerprint density at radius 3 is 2.28 bits per heavy atom. The second-order valence-electron chi connectivity index (χ2n) is 4.93. The maximum Gasteiger partial charge on any atom is 0.221 e. The summed E-state index contributed by atoms with van der Waals surface area (Å²) in [5.41, 5.74) is 7.41. The van der Waals surface area contributed by atoms with Gasteiger partial charge in [-0.1, -0.05) is 26.0 Å². The van der Waals surface area contributed by atoms with Gasteiger partial charge < -0.3 is 16.2 Å². The number of benzene rings is 1. The van der Waals surface area contributed by atoms with Gasteiger partial charge in [-0.25, -0.2) is 0 Å². The van der Waals surface area contributed by atoms with Gasteiger partial charge >= 0.3 is 0 Å². The average molecular weight is 273 g/mol. The Hall–Kier alpha value is -1.10. The first kappa shape index (κ1) is 16.9. The molecule has 0 unspecified atom stereocenters. The third kappa shape index (κ3) is 4.29. The van der Waals surface area contributed by atoms with E-state index in [-0.39, 0.29) is 36.4 Å². The molecule has 0 fully saturated rings. The van der Waals surface area contributed by atoms with Crippen LogP contribution in [-0.4, -0.2) is 17.6 Å². The Balaban J connectivity index is 0.00000289. The lowest BCUT2D eigenvalue weighted by atomic mass is 9.82. The van der Waals surface area contributed by atoms with Gasteiger partial charge in [0, 0.05) is 30.7 Å². The number of hydrogen-bond donors (Lipinski definition) is 3. The molecule has 1 aromatic carbocycles. The van der Waals surface area contributed by atoms with Crippen molar-refractivity contribution in [1.82, 2.24) is 0 Å². The van der Waals surface area contributed by atoms with E-state index in [1.54, 1.807) is 0 Å². The van der Waals surface area contributed by atoms with Crippen LogP contribution in [0.15, 0.2) is 24.3 Å². The second kappa shape index (κ2) is 6.73. The Labute approximate surface area is 114 Å². The van der Waals surface area contributed by atoms with Crippen molar-refractivity contribution in [2.45, 2.75) is 26.8 Å². The lowest BCUT2D eigenvalue weighted by molar-refractivity contribution is -0.114. The first-order valence-electron chi connectivity index (χ1n) is 5.61. The number of amides is 1. The zero-order chi connectivity index (χ0) is 13.1. The molecule has 0 aliphatic heterocycles. The van der Waals surface area contributed by atoms with Crippen LogP contribution < -0.4 is 11.1 Å². The van der Waals surface area contributed by atoms with Gasteiger partial charge in [0.2, 0.25) is 5.91 Å². The van der Waals surface area contributed by atoms with Crippen molar-refractivity contribution >= 4 is 24.0 Å².